The number of halogens is 1. The summed E-state index contributed by atoms with van der Waals surface area (Å²) in [6.07, 6.45) is 4.61. The van der Waals surface area contributed by atoms with Crippen molar-refractivity contribution in [2.24, 2.45) is 7.05 Å². The molecular formula is C16H20FN3O. The number of imidazole rings is 1. The number of carbonyl (C=O) groups excluding carboxylic acids is 1. The second-order valence-corrected chi connectivity index (χ2v) is 5.25. The molecule has 0 saturated heterocycles. The fourth-order valence-corrected chi connectivity index (χ4v) is 2.13. The Kier molecular flexibility index (Phi) is 5.09. The van der Waals surface area contributed by atoms with Gasteiger partial charge in [0.25, 0.3) is 0 Å². The van der Waals surface area contributed by atoms with E-state index in [4.69, 9.17) is 0 Å². The van der Waals surface area contributed by atoms with E-state index < -0.39 is 0 Å². The first-order valence-electron chi connectivity index (χ1n) is 7.03. The summed E-state index contributed by atoms with van der Waals surface area (Å²) < 4.78 is 14.8. The molecule has 112 valence electrons. The minimum atomic E-state index is -0.244. The van der Waals surface area contributed by atoms with Crippen LogP contribution >= 0.6 is 0 Å². The maximum absolute atomic E-state index is 12.9. The van der Waals surface area contributed by atoms with Gasteiger partial charge >= 0.3 is 0 Å². The molecule has 0 aliphatic carbocycles. The molecule has 0 saturated carbocycles. The zero-order valence-corrected chi connectivity index (χ0v) is 12.3. The van der Waals surface area contributed by atoms with Crippen molar-refractivity contribution in [2.45, 2.75) is 25.7 Å². The average molecular weight is 289 g/mol. The molecule has 4 nitrogen and oxygen atoms in total. The van der Waals surface area contributed by atoms with Gasteiger partial charge in [-0.3, -0.25) is 4.79 Å². The number of hydrogen-bond acceptors (Lipinski definition) is 2. The van der Waals surface area contributed by atoms with Crippen LogP contribution in [0.5, 0.6) is 0 Å². The molecule has 0 radical (unpaired) electrons. The molecule has 1 aromatic carbocycles. The third-order valence-electron chi connectivity index (χ3n) is 3.57. The first-order chi connectivity index (χ1) is 10.1. The molecular weight excluding hydrogens is 269 g/mol. The van der Waals surface area contributed by atoms with Gasteiger partial charge in [0.05, 0.1) is 6.33 Å². The first kappa shape index (κ1) is 15.2. The van der Waals surface area contributed by atoms with Gasteiger partial charge in [-0.15, -0.1) is 0 Å². The van der Waals surface area contributed by atoms with E-state index >= 15 is 0 Å². The molecule has 1 heterocycles. The molecule has 2 rings (SSSR count). The SMILES string of the molecule is C[C@H](CNC(=O)CCc1cncn1C)c1ccc(F)cc1. The van der Waals surface area contributed by atoms with E-state index in [-0.39, 0.29) is 17.6 Å². The number of nitrogens with zero attached hydrogens (tertiary/aromatic N) is 2. The zero-order valence-electron chi connectivity index (χ0n) is 12.3. The van der Waals surface area contributed by atoms with Crippen LogP contribution in [0.25, 0.3) is 0 Å². The third-order valence-corrected chi connectivity index (χ3v) is 3.57. The van der Waals surface area contributed by atoms with Crippen molar-refractivity contribution in [2.75, 3.05) is 6.54 Å². The van der Waals surface area contributed by atoms with Crippen LogP contribution in [-0.4, -0.2) is 22.0 Å². The van der Waals surface area contributed by atoms with Crippen molar-refractivity contribution in [3.63, 3.8) is 0 Å². The van der Waals surface area contributed by atoms with Crippen LogP contribution in [0, 0.1) is 5.82 Å². The van der Waals surface area contributed by atoms with Crippen molar-refractivity contribution in [1.29, 1.82) is 0 Å². The highest BCUT2D eigenvalue weighted by Crippen LogP contribution is 2.14. The second kappa shape index (κ2) is 7.02. The highest BCUT2D eigenvalue weighted by molar-refractivity contribution is 5.76. The van der Waals surface area contributed by atoms with Crippen molar-refractivity contribution in [1.82, 2.24) is 14.9 Å². The highest BCUT2D eigenvalue weighted by Gasteiger charge is 2.09. The van der Waals surface area contributed by atoms with Gasteiger partial charge in [0.1, 0.15) is 5.82 Å². The monoisotopic (exact) mass is 289 g/mol. The quantitative estimate of drug-likeness (QED) is 0.887. The Morgan fingerprint density at radius 2 is 2.10 bits per heavy atom. The molecule has 5 heteroatoms. The fourth-order valence-electron chi connectivity index (χ4n) is 2.13. The molecule has 0 spiro atoms. The average Bonchev–Trinajstić information content (AvgIpc) is 2.88. The van der Waals surface area contributed by atoms with Gasteiger partial charge in [-0.25, -0.2) is 9.37 Å². The smallest absolute Gasteiger partial charge is 0.220 e. The van der Waals surface area contributed by atoms with Gasteiger partial charge < -0.3 is 9.88 Å². The number of aryl methyl sites for hydroxylation is 2. The largest absolute Gasteiger partial charge is 0.355 e. The number of nitrogens with one attached hydrogen (secondary N) is 1. The van der Waals surface area contributed by atoms with Crippen molar-refractivity contribution in [3.8, 4) is 0 Å². The Bertz CT molecular complexity index is 592. The van der Waals surface area contributed by atoms with E-state index in [0.29, 0.717) is 19.4 Å². The van der Waals surface area contributed by atoms with E-state index in [1.54, 1.807) is 24.7 Å². The van der Waals surface area contributed by atoms with Crippen LogP contribution in [0.4, 0.5) is 4.39 Å². The minimum Gasteiger partial charge on any atom is -0.355 e. The lowest BCUT2D eigenvalue weighted by Crippen LogP contribution is -2.27. The molecule has 0 bridgehead atoms. The van der Waals surface area contributed by atoms with Crippen LogP contribution in [0.3, 0.4) is 0 Å². The maximum atomic E-state index is 12.9. The number of benzene rings is 1. The minimum absolute atomic E-state index is 0.0187. The molecule has 1 N–H and O–H groups in total. The van der Waals surface area contributed by atoms with Crippen LogP contribution in [0.2, 0.25) is 0 Å². The topological polar surface area (TPSA) is 46.9 Å². The number of aromatic nitrogens is 2. The van der Waals surface area contributed by atoms with Gasteiger partial charge in [0.2, 0.25) is 5.91 Å². The standard InChI is InChI=1S/C16H20FN3O/c1-12(13-3-5-14(17)6-4-13)9-19-16(21)8-7-15-10-18-11-20(15)2/h3-6,10-12H,7-9H2,1-2H3,(H,19,21)/t12-/m1/s1. The molecule has 1 amide bonds. The van der Waals surface area contributed by atoms with Gasteiger partial charge in [-0.05, 0) is 30.0 Å². The number of amides is 1. The lowest BCUT2D eigenvalue weighted by Gasteiger charge is -2.13. The molecule has 1 aromatic heterocycles. The van der Waals surface area contributed by atoms with Gasteiger partial charge in [0.15, 0.2) is 0 Å². The van der Waals surface area contributed by atoms with E-state index in [1.165, 1.54) is 12.1 Å². The summed E-state index contributed by atoms with van der Waals surface area (Å²) in [6, 6.07) is 6.38. The summed E-state index contributed by atoms with van der Waals surface area (Å²) in [5.41, 5.74) is 2.06. The van der Waals surface area contributed by atoms with Gasteiger partial charge in [0, 0.05) is 31.9 Å². The Morgan fingerprint density at radius 1 is 1.38 bits per heavy atom. The molecule has 0 aliphatic heterocycles. The van der Waals surface area contributed by atoms with E-state index in [2.05, 4.69) is 10.3 Å². The van der Waals surface area contributed by atoms with Crippen molar-refractivity contribution >= 4 is 5.91 Å². The summed E-state index contributed by atoms with van der Waals surface area (Å²) in [7, 11) is 1.91. The molecule has 0 unspecified atom stereocenters. The van der Waals surface area contributed by atoms with Crippen LogP contribution in [0.1, 0.15) is 30.5 Å². The van der Waals surface area contributed by atoms with Crippen LogP contribution < -0.4 is 5.32 Å². The number of rotatable bonds is 6. The summed E-state index contributed by atoms with van der Waals surface area (Å²) >= 11 is 0. The maximum Gasteiger partial charge on any atom is 0.220 e. The summed E-state index contributed by atoms with van der Waals surface area (Å²) in [5.74, 6) is -0.0671. The molecule has 0 aliphatic rings. The zero-order chi connectivity index (χ0) is 15.2. The number of carbonyl (C=O) groups is 1. The van der Waals surface area contributed by atoms with E-state index in [0.717, 1.165) is 11.3 Å². The third kappa shape index (κ3) is 4.41. The summed E-state index contributed by atoms with van der Waals surface area (Å²) in [5, 5.41) is 2.92. The Balaban J connectivity index is 1.76. The molecule has 2 aromatic rings. The molecule has 0 fully saturated rings. The summed E-state index contributed by atoms with van der Waals surface area (Å²) in [4.78, 5) is 15.9. The summed E-state index contributed by atoms with van der Waals surface area (Å²) in [6.45, 7) is 2.56. The predicted molar refractivity (Wildman–Crippen MR) is 79.4 cm³/mol. The fraction of sp³-hybridized carbons (Fsp3) is 0.375. The lowest BCUT2D eigenvalue weighted by atomic mass is 10.0. The van der Waals surface area contributed by atoms with Crippen molar-refractivity contribution in [3.05, 3.63) is 53.9 Å². The Hall–Kier alpha value is -2.17. The van der Waals surface area contributed by atoms with Crippen LogP contribution in [0.15, 0.2) is 36.8 Å². The molecule has 1 atom stereocenters. The van der Waals surface area contributed by atoms with Gasteiger partial charge in [-0.1, -0.05) is 19.1 Å². The van der Waals surface area contributed by atoms with E-state index in [1.807, 2.05) is 18.5 Å². The predicted octanol–water partition coefficient (Wildman–Crippen LogP) is 2.41. The highest BCUT2D eigenvalue weighted by atomic mass is 19.1. The van der Waals surface area contributed by atoms with Crippen molar-refractivity contribution < 1.29 is 9.18 Å². The Labute approximate surface area is 124 Å². The lowest BCUT2D eigenvalue weighted by molar-refractivity contribution is -0.121. The molecule has 21 heavy (non-hydrogen) atoms. The van der Waals surface area contributed by atoms with E-state index in [9.17, 15) is 9.18 Å². The normalized spacial score (nSPS) is 12.1. The van der Waals surface area contributed by atoms with Crippen LogP contribution in [-0.2, 0) is 18.3 Å². The second-order valence-electron chi connectivity index (χ2n) is 5.25. The number of hydrogen-bond donors (Lipinski definition) is 1. The first-order valence-corrected chi connectivity index (χ1v) is 7.03. The Morgan fingerprint density at radius 3 is 2.71 bits per heavy atom. The van der Waals surface area contributed by atoms with Gasteiger partial charge in [-0.2, -0.15) is 0 Å².